The normalized spacial score (nSPS) is 23.5. The third kappa shape index (κ3) is 1.97. The molecule has 2 aliphatic rings. The lowest BCUT2D eigenvalue weighted by Crippen LogP contribution is -2.48. The third-order valence-electron chi connectivity index (χ3n) is 3.76. The standard InChI is InChI=1S/C13H18N2.ClH/c1-2-4-12(5-3-1)13(6-7-13)15-10-8-14-9-11-15;/h1-5,14H,6-11H2;1H. The molecule has 0 bridgehead atoms. The summed E-state index contributed by atoms with van der Waals surface area (Å²) in [5.41, 5.74) is 1.93. The number of nitrogens with zero attached hydrogens (tertiary/aromatic N) is 1. The Morgan fingerprint density at radius 1 is 1.00 bits per heavy atom. The van der Waals surface area contributed by atoms with Crippen molar-refractivity contribution in [1.29, 1.82) is 0 Å². The van der Waals surface area contributed by atoms with E-state index in [1.165, 1.54) is 31.5 Å². The SMILES string of the molecule is Cl.c1ccc(C2(N3CCNCC3)CC2)cc1. The van der Waals surface area contributed by atoms with Crippen molar-refractivity contribution in [2.45, 2.75) is 18.4 Å². The van der Waals surface area contributed by atoms with E-state index in [1.54, 1.807) is 0 Å². The van der Waals surface area contributed by atoms with Crippen molar-refractivity contribution in [2.24, 2.45) is 0 Å². The molecule has 2 nitrogen and oxygen atoms in total. The zero-order valence-electron chi connectivity index (χ0n) is 9.48. The van der Waals surface area contributed by atoms with E-state index in [4.69, 9.17) is 0 Å². The molecule has 0 spiro atoms. The number of nitrogens with one attached hydrogen (secondary N) is 1. The molecule has 0 unspecified atom stereocenters. The highest BCUT2D eigenvalue weighted by molar-refractivity contribution is 5.85. The van der Waals surface area contributed by atoms with Crippen molar-refractivity contribution >= 4 is 12.4 Å². The first-order valence-electron chi connectivity index (χ1n) is 5.93. The van der Waals surface area contributed by atoms with E-state index in [0.29, 0.717) is 5.54 Å². The molecule has 1 heterocycles. The van der Waals surface area contributed by atoms with Gasteiger partial charge in [0.2, 0.25) is 0 Å². The zero-order valence-corrected chi connectivity index (χ0v) is 10.3. The van der Waals surface area contributed by atoms with Crippen LogP contribution in [0.4, 0.5) is 0 Å². The van der Waals surface area contributed by atoms with Gasteiger partial charge in [0.1, 0.15) is 0 Å². The lowest BCUT2D eigenvalue weighted by Gasteiger charge is -2.35. The molecule has 1 saturated heterocycles. The minimum absolute atomic E-state index is 0. The predicted octanol–water partition coefficient (Wildman–Crippen LogP) is 2.00. The van der Waals surface area contributed by atoms with E-state index in [9.17, 15) is 0 Å². The Hall–Kier alpha value is -0.570. The fourth-order valence-corrected chi connectivity index (χ4v) is 2.75. The summed E-state index contributed by atoms with van der Waals surface area (Å²) in [7, 11) is 0. The lowest BCUT2D eigenvalue weighted by molar-refractivity contribution is 0.154. The van der Waals surface area contributed by atoms with Crippen LogP contribution in [0.2, 0.25) is 0 Å². The zero-order chi connectivity index (χ0) is 10.1. The van der Waals surface area contributed by atoms with Crippen LogP contribution in [-0.4, -0.2) is 31.1 Å². The van der Waals surface area contributed by atoms with Gasteiger partial charge in [0.15, 0.2) is 0 Å². The monoisotopic (exact) mass is 238 g/mol. The maximum absolute atomic E-state index is 3.42. The molecule has 0 atom stereocenters. The maximum atomic E-state index is 3.42. The van der Waals surface area contributed by atoms with Crippen LogP contribution >= 0.6 is 12.4 Å². The summed E-state index contributed by atoms with van der Waals surface area (Å²) in [6.45, 7) is 4.70. The highest BCUT2D eigenvalue weighted by Gasteiger charge is 2.49. The van der Waals surface area contributed by atoms with Crippen LogP contribution in [0.25, 0.3) is 0 Å². The molecule has 0 aromatic heterocycles. The Kier molecular flexibility index (Phi) is 3.53. The summed E-state index contributed by atoms with van der Waals surface area (Å²) >= 11 is 0. The van der Waals surface area contributed by atoms with Crippen LogP contribution in [-0.2, 0) is 5.54 Å². The summed E-state index contributed by atoms with van der Waals surface area (Å²) < 4.78 is 0. The van der Waals surface area contributed by atoms with Crippen LogP contribution in [0.1, 0.15) is 18.4 Å². The van der Waals surface area contributed by atoms with Crippen molar-refractivity contribution in [2.75, 3.05) is 26.2 Å². The van der Waals surface area contributed by atoms with E-state index in [0.717, 1.165) is 13.1 Å². The highest BCUT2D eigenvalue weighted by Crippen LogP contribution is 2.50. The van der Waals surface area contributed by atoms with Gasteiger partial charge >= 0.3 is 0 Å². The van der Waals surface area contributed by atoms with Gasteiger partial charge < -0.3 is 5.32 Å². The second-order valence-corrected chi connectivity index (χ2v) is 4.63. The van der Waals surface area contributed by atoms with Crippen molar-refractivity contribution in [1.82, 2.24) is 10.2 Å². The molecular weight excluding hydrogens is 220 g/mol. The molecule has 1 N–H and O–H groups in total. The fraction of sp³-hybridized carbons (Fsp3) is 0.538. The van der Waals surface area contributed by atoms with E-state index >= 15 is 0 Å². The predicted molar refractivity (Wildman–Crippen MR) is 69.0 cm³/mol. The number of hydrogen-bond acceptors (Lipinski definition) is 2. The van der Waals surface area contributed by atoms with Gasteiger partial charge in [-0.2, -0.15) is 0 Å². The molecule has 1 aromatic carbocycles. The smallest absolute Gasteiger partial charge is 0.0463 e. The third-order valence-corrected chi connectivity index (χ3v) is 3.76. The van der Waals surface area contributed by atoms with Gasteiger partial charge in [-0.15, -0.1) is 12.4 Å². The van der Waals surface area contributed by atoms with Gasteiger partial charge in [-0.25, -0.2) is 0 Å². The van der Waals surface area contributed by atoms with Crippen molar-refractivity contribution in [3.8, 4) is 0 Å². The highest BCUT2D eigenvalue weighted by atomic mass is 35.5. The second-order valence-electron chi connectivity index (χ2n) is 4.63. The Balaban J connectivity index is 0.000000963. The quantitative estimate of drug-likeness (QED) is 0.848. The summed E-state index contributed by atoms with van der Waals surface area (Å²) in [6, 6.07) is 11.0. The van der Waals surface area contributed by atoms with E-state index < -0.39 is 0 Å². The van der Waals surface area contributed by atoms with Crippen LogP contribution in [0.3, 0.4) is 0 Å². The lowest BCUT2D eigenvalue weighted by atomic mass is 10.0. The molecule has 1 aromatic rings. The number of benzene rings is 1. The molecular formula is C13H19ClN2. The summed E-state index contributed by atoms with van der Waals surface area (Å²) in [4.78, 5) is 2.67. The molecule has 3 heteroatoms. The van der Waals surface area contributed by atoms with E-state index in [2.05, 4.69) is 40.5 Å². The van der Waals surface area contributed by atoms with E-state index in [1.807, 2.05) is 0 Å². The molecule has 88 valence electrons. The minimum Gasteiger partial charge on any atom is -0.314 e. The van der Waals surface area contributed by atoms with Crippen LogP contribution < -0.4 is 5.32 Å². The maximum Gasteiger partial charge on any atom is 0.0463 e. The van der Waals surface area contributed by atoms with Gasteiger partial charge in [0.25, 0.3) is 0 Å². The minimum atomic E-state index is 0. The Labute approximate surface area is 103 Å². The number of halogens is 1. The Morgan fingerprint density at radius 3 is 2.19 bits per heavy atom. The average molecular weight is 239 g/mol. The summed E-state index contributed by atoms with van der Waals surface area (Å²) in [5.74, 6) is 0. The summed E-state index contributed by atoms with van der Waals surface area (Å²) in [6.07, 6.45) is 2.69. The van der Waals surface area contributed by atoms with Gasteiger partial charge in [-0.1, -0.05) is 30.3 Å². The first-order valence-corrected chi connectivity index (χ1v) is 5.93. The second kappa shape index (κ2) is 4.74. The van der Waals surface area contributed by atoms with Crippen molar-refractivity contribution in [3.63, 3.8) is 0 Å². The molecule has 1 aliphatic heterocycles. The molecule has 1 aliphatic carbocycles. The van der Waals surface area contributed by atoms with Crippen LogP contribution in [0.5, 0.6) is 0 Å². The first kappa shape index (κ1) is 11.9. The number of hydrogen-bond donors (Lipinski definition) is 1. The van der Waals surface area contributed by atoms with Gasteiger partial charge in [0.05, 0.1) is 0 Å². The number of piperazine rings is 1. The van der Waals surface area contributed by atoms with Gasteiger partial charge in [0, 0.05) is 31.7 Å². The molecule has 0 radical (unpaired) electrons. The largest absolute Gasteiger partial charge is 0.314 e. The average Bonchev–Trinajstić information content (AvgIpc) is 3.13. The summed E-state index contributed by atoms with van der Waals surface area (Å²) in [5, 5.41) is 3.42. The first-order chi connectivity index (χ1) is 7.42. The topological polar surface area (TPSA) is 15.3 Å². The Bertz CT molecular complexity index is 329. The van der Waals surface area contributed by atoms with Crippen molar-refractivity contribution in [3.05, 3.63) is 35.9 Å². The van der Waals surface area contributed by atoms with E-state index in [-0.39, 0.29) is 12.4 Å². The molecule has 3 rings (SSSR count). The Morgan fingerprint density at radius 2 is 1.62 bits per heavy atom. The van der Waals surface area contributed by atoms with Crippen LogP contribution in [0, 0.1) is 0 Å². The molecule has 1 saturated carbocycles. The fourth-order valence-electron chi connectivity index (χ4n) is 2.75. The van der Waals surface area contributed by atoms with Gasteiger partial charge in [-0.3, -0.25) is 4.90 Å². The molecule has 2 fully saturated rings. The molecule has 16 heavy (non-hydrogen) atoms. The molecule has 0 amide bonds. The van der Waals surface area contributed by atoms with Crippen molar-refractivity contribution < 1.29 is 0 Å². The van der Waals surface area contributed by atoms with Gasteiger partial charge in [-0.05, 0) is 18.4 Å². The number of rotatable bonds is 2. The van der Waals surface area contributed by atoms with Crippen LogP contribution in [0.15, 0.2) is 30.3 Å².